The molecule has 1 heterocycles. The van der Waals surface area contributed by atoms with Crippen molar-refractivity contribution in [1.82, 2.24) is 4.90 Å². The van der Waals surface area contributed by atoms with Gasteiger partial charge in [0, 0.05) is 17.9 Å². The Bertz CT molecular complexity index is 535. The van der Waals surface area contributed by atoms with E-state index in [1.165, 1.54) is 6.07 Å². The Morgan fingerprint density at radius 1 is 1.60 bits per heavy atom. The summed E-state index contributed by atoms with van der Waals surface area (Å²) in [6.07, 6.45) is 0. The van der Waals surface area contributed by atoms with Crippen LogP contribution in [0.5, 0.6) is 0 Å². The van der Waals surface area contributed by atoms with Crippen LogP contribution in [0.25, 0.3) is 0 Å². The van der Waals surface area contributed by atoms with Crippen molar-refractivity contribution >= 4 is 27.5 Å². The number of alkyl halides is 1. The van der Waals surface area contributed by atoms with Gasteiger partial charge in [0.25, 0.3) is 11.6 Å². The van der Waals surface area contributed by atoms with Crippen LogP contribution in [0.1, 0.15) is 15.9 Å². The number of carbonyl (C=O) groups is 1. The van der Waals surface area contributed by atoms with E-state index >= 15 is 0 Å². The molecule has 0 bridgehead atoms. The van der Waals surface area contributed by atoms with Crippen LogP contribution in [0.4, 0.5) is 5.69 Å². The fourth-order valence-electron chi connectivity index (χ4n) is 2.19. The molecule has 0 aromatic heterocycles. The summed E-state index contributed by atoms with van der Waals surface area (Å²) in [6, 6.07) is 4.49. The van der Waals surface area contributed by atoms with Crippen LogP contribution in [-0.4, -0.2) is 46.9 Å². The van der Waals surface area contributed by atoms with Crippen LogP contribution in [0.3, 0.4) is 0 Å². The largest absolute Gasteiger partial charge is 0.377 e. The number of morpholine rings is 1. The van der Waals surface area contributed by atoms with Crippen LogP contribution in [0.2, 0.25) is 0 Å². The van der Waals surface area contributed by atoms with E-state index in [4.69, 9.17) is 4.74 Å². The first-order valence-corrected chi connectivity index (χ1v) is 7.36. The van der Waals surface area contributed by atoms with E-state index < -0.39 is 4.92 Å². The predicted octanol–water partition coefficient (Wildman–Crippen LogP) is 2.14. The minimum Gasteiger partial charge on any atom is -0.377 e. The number of nitro benzene ring substituents is 1. The van der Waals surface area contributed by atoms with E-state index in [2.05, 4.69) is 15.9 Å². The van der Waals surface area contributed by atoms with E-state index in [1.54, 1.807) is 17.0 Å². The fourth-order valence-corrected chi connectivity index (χ4v) is 2.72. The topological polar surface area (TPSA) is 72.7 Å². The predicted molar refractivity (Wildman–Crippen MR) is 77.3 cm³/mol. The highest BCUT2D eigenvalue weighted by atomic mass is 79.9. The number of amides is 1. The third-order valence-corrected chi connectivity index (χ3v) is 3.99. The third kappa shape index (κ3) is 2.99. The van der Waals surface area contributed by atoms with Gasteiger partial charge in [-0.2, -0.15) is 0 Å². The number of nitro groups is 1. The number of hydrogen-bond acceptors (Lipinski definition) is 4. The van der Waals surface area contributed by atoms with Gasteiger partial charge in [0.2, 0.25) is 0 Å². The summed E-state index contributed by atoms with van der Waals surface area (Å²) in [7, 11) is 0. The molecule has 20 heavy (non-hydrogen) atoms. The number of halogens is 1. The molecule has 1 fully saturated rings. The molecule has 1 aromatic carbocycles. The van der Waals surface area contributed by atoms with Crippen molar-refractivity contribution < 1.29 is 14.5 Å². The Hall–Kier alpha value is -1.47. The first kappa shape index (κ1) is 14.9. The smallest absolute Gasteiger partial charge is 0.282 e. The maximum Gasteiger partial charge on any atom is 0.282 e. The second kappa shape index (κ2) is 6.32. The lowest BCUT2D eigenvalue weighted by Gasteiger charge is -2.34. The van der Waals surface area contributed by atoms with Crippen molar-refractivity contribution in [1.29, 1.82) is 0 Å². The molecule has 1 aliphatic rings. The lowest BCUT2D eigenvalue weighted by atomic mass is 10.1. The normalized spacial score (nSPS) is 18.9. The van der Waals surface area contributed by atoms with Gasteiger partial charge in [-0.25, -0.2) is 0 Å². The summed E-state index contributed by atoms with van der Waals surface area (Å²) >= 11 is 3.35. The van der Waals surface area contributed by atoms with Crippen molar-refractivity contribution in [2.45, 2.75) is 13.0 Å². The van der Waals surface area contributed by atoms with Crippen LogP contribution < -0.4 is 0 Å². The SMILES string of the molecule is Cc1ccc([N+](=O)[O-])c(C(=O)N2CCOCC2CBr)c1. The van der Waals surface area contributed by atoms with Crippen LogP contribution >= 0.6 is 15.9 Å². The molecular weight excluding hydrogens is 328 g/mol. The van der Waals surface area contributed by atoms with Gasteiger partial charge in [-0.15, -0.1) is 0 Å². The first-order chi connectivity index (χ1) is 9.54. The lowest BCUT2D eigenvalue weighted by Crippen LogP contribution is -2.49. The number of hydrogen-bond donors (Lipinski definition) is 0. The van der Waals surface area contributed by atoms with Gasteiger partial charge in [-0.1, -0.05) is 22.0 Å². The fraction of sp³-hybridized carbons (Fsp3) is 0.462. The zero-order valence-corrected chi connectivity index (χ0v) is 12.6. The van der Waals surface area contributed by atoms with E-state index in [9.17, 15) is 14.9 Å². The average molecular weight is 343 g/mol. The van der Waals surface area contributed by atoms with Crippen molar-refractivity contribution in [2.24, 2.45) is 0 Å². The van der Waals surface area contributed by atoms with Gasteiger partial charge in [0.15, 0.2) is 0 Å². The molecule has 0 spiro atoms. The molecule has 1 saturated heterocycles. The van der Waals surface area contributed by atoms with Crippen molar-refractivity contribution in [2.75, 3.05) is 25.1 Å². The molecule has 1 aliphatic heterocycles. The number of rotatable bonds is 3. The van der Waals surface area contributed by atoms with Crippen LogP contribution in [0, 0.1) is 17.0 Å². The summed E-state index contributed by atoms with van der Waals surface area (Å²) in [5.41, 5.74) is 0.811. The Kier molecular flexibility index (Phi) is 4.72. The van der Waals surface area contributed by atoms with Crippen molar-refractivity contribution in [3.8, 4) is 0 Å². The zero-order chi connectivity index (χ0) is 14.7. The zero-order valence-electron chi connectivity index (χ0n) is 11.0. The highest BCUT2D eigenvalue weighted by Gasteiger charge is 2.31. The van der Waals surface area contributed by atoms with Gasteiger partial charge in [-0.3, -0.25) is 14.9 Å². The molecule has 1 unspecified atom stereocenters. The Morgan fingerprint density at radius 2 is 2.35 bits per heavy atom. The molecule has 1 amide bonds. The molecular formula is C13H15BrN2O4. The summed E-state index contributed by atoms with van der Waals surface area (Å²) < 4.78 is 5.33. The van der Waals surface area contributed by atoms with Gasteiger partial charge >= 0.3 is 0 Å². The van der Waals surface area contributed by atoms with E-state index in [1.807, 2.05) is 6.92 Å². The second-order valence-corrected chi connectivity index (χ2v) is 5.31. The maximum atomic E-state index is 12.6. The Balaban J connectivity index is 2.36. The van der Waals surface area contributed by atoms with Crippen LogP contribution in [-0.2, 0) is 4.74 Å². The quantitative estimate of drug-likeness (QED) is 0.479. The minimum atomic E-state index is -0.518. The summed E-state index contributed by atoms with van der Waals surface area (Å²) in [5.74, 6) is -0.312. The number of aryl methyl sites for hydroxylation is 1. The standard InChI is InChI=1S/C13H15BrN2O4/c1-9-2-3-12(16(18)19)11(6-9)13(17)15-4-5-20-8-10(15)7-14/h2-3,6,10H,4-5,7-8H2,1H3. The average Bonchev–Trinajstić information content (AvgIpc) is 2.46. The molecule has 0 saturated carbocycles. The number of benzene rings is 1. The summed E-state index contributed by atoms with van der Waals surface area (Å²) in [6.45, 7) is 3.15. The van der Waals surface area contributed by atoms with Crippen LogP contribution in [0.15, 0.2) is 18.2 Å². The summed E-state index contributed by atoms with van der Waals surface area (Å²) in [4.78, 5) is 24.8. The molecule has 108 valence electrons. The highest BCUT2D eigenvalue weighted by Crippen LogP contribution is 2.23. The molecule has 0 aliphatic carbocycles. The highest BCUT2D eigenvalue weighted by molar-refractivity contribution is 9.09. The number of carbonyl (C=O) groups excluding carboxylic acids is 1. The van der Waals surface area contributed by atoms with Gasteiger partial charge in [-0.05, 0) is 18.6 Å². The lowest BCUT2D eigenvalue weighted by molar-refractivity contribution is -0.385. The molecule has 1 aromatic rings. The third-order valence-electron chi connectivity index (χ3n) is 3.25. The first-order valence-electron chi connectivity index (χ1n) is 6.24. The van der Waals surface area contributed by atoms with Gasteiger partial charge in [0.05, 0.1) is 24.2 Å². The summed E-state index contributed by atoms with van der Waals surface area (Å²) in [5, 5.41) is 11.7. The van der Waals surface area contributed by atoms with Crippen molar-refractivity contribution in [3.05, 3.63) is 39.4 Å². The molecule has 7 heteroatoms. The van der Waals surface area contributed by atoms with E-state index in [0.717, 1.165) is 5.56 Å². The Morgan fingerprint density at radius 3 is 3.00 bits per heavy atom. The number of nitrogens with zero attached hydrogens (tertiary/aromatic N) is 2. The molecule has 0 N–H and O–H groups in total. The molecule has 0 radical (unpaired) electrons. The molecule has 6 nitrogen and oxygen atoms in total. The molecule has 2 rings (SSSR count). The monoisotopic (exact) mass is 342 g/mol. The van der Waals surface area contributed by atoms with Crippen molar-refractivity contribution in [3.63, 3.8) is 0 Å². The van der Waals surface area contributed by atoms with E-state index in [-0.39, 0.29) is 23.2 Å². The molecule has 1 atom stereocenters. The number of ether oxygens (including phenoxy) is 1. The Labute approximate surface area is 125 Å². The minimum absolute atomic E-state index is 0.101. The maximum absolute atomic E-state index is 12.6. The van der Waals surface area contributed by atoms with E-state index in [0.29, 0.717) is 25.1 Å². The second-order valence-electron chi connectivity index (χ2n) is 4.66. The van der Waals surface area contributed by atoms with Gasteiger partial charge in [0.1, 0.15) is 5.56 Å². The van der Waals surface area contributed by atoms with Gasteiger partial charge < -0.3 is 9.64 Å².